The average molecular weight is 325 g/mol. The Morgan fingerprint density at radius 2 is 1.95 bits per heavy atom. The molecule has 0 atom stereocenters. The van der Waals surface area contributed by atoms with Crippen LogP contribution >= 0.6 is 23.2 Å². The summed E-state index contributed by atoms with van der Waals surface area (Å²) in [4.78, 5) is 27.6. The van der Waals surface area contributed by atoms with Gasteiger partial charge >= 0.3 is 5.97 Å². The zero-order valence-corrected chi connectivity index (χ0v) is 12.4. The van der Waals surface area contributed by atoms with Crippen molar-refractivity contribution in [2.45, 2.75) is 0 Å². The fourth-order valence-corrected chi connectivity index (χ4v) is 1.99. The van der Waals surface area contributed by atoms with Crippen LogP contribution in [0.15, 0.2) is 36.5 Å². The quantitative estimate of drug-likeness (QED) is 0.693. The van der Waals surface area contributed by atoms with Crippen LogP contribution in [0.4, 0.5) is 5.69 Å². The van der Waals surface area contributed by atoms with Crippen molar-refractivity contribution >= 4 is 40.8 Å². The van der Waals surface area contributed by atoms with Crippen LogP contribution in [0.5, 0.6) is 0 Å². The van der Waals surface area contributed by atoms with Crippen LogP contribution in [0.25, 0.3) is 0 Å². The minimum atomic E-state index is -0.574. The third kappa shape index (κ3) is 3.71. The van der Waals surface area contributed by atoms with Gasteiger partial charge in [0.2, 0.25) is 0 Å². The number of carbonyl (C=O) groups excluding carboxylic acids is 2. The van der Waals surface area contributed by atoms with Gasteiger partial charge in [0.15, 0.2) is 0 Å². The standard InChI is InChI=1S/C14H10Cl2N2O3/c1-21-14(20)10-3-2-9(15)7-11(10)18-13(19)8-4-5-17-12(16)6-8/h2-7H,1H3,(H,18,19). The number of pyridine rings is 1. The number of nitrogens with zero attached hydrogens (tertiary/aromatic N) is 1. The van der Waals surface area contributed by atoms with E-state index >= 15 is 0 Å². The first-order valence-electron chi connectivity index (χ1n) is 5.82. The molecule has 0 unspecified atom stereocenters. The molecule has 0 bridgehead atoms. The Morgan fingerprint density at radius 1 is 1.19 bits per heavy atom. The SMILES string of the molecule is COC(=O)c1ccc(Cl)cc1NC(=O)c1ccnc(Cl)c1. The second-order valence-electron chi connectivity index (χ2n) is 4.00. The molecular weight excluding hydrogens is 315 g/mol. The number of amides is 1. The van der Waals surface area contributed by atoms with E-state index in [1.165, 1.54) is 43.6 Å². The van der Waals surface area contributed by atoms with Crippen LogP contribution in [-0.4, -0.2) is 24.0 Å². The lowest BCUT2D eigenvalue weighted by Crippen LogP contribution is -2.15. The molecule has 0 aliphatic heterocycles. The van der Waals surface area contributed by atoms with Gasteiger partial charge in [0.05, 0.1) is 18.4 Å². The molecule has 0 aliphatic carbocycles. The van der Waals surface area contributed by atoms with Gasteiger partial charge in [0.1, 0.15) is 5.15 Å². The van der Waals surface area contributed by atoms with Crippen molar-refractivity contribution in [3.63, 3.8) is 0 Å². The van der Waals surface area contributed by atoms with Gasteiger partial charge in [-0.15, -0.1) is 0 Å². The summed E-state index contributed by atoms with van der Waals surface area (Å²) in [6, 6.07) is 7.40. The lowest BCUT2D eigenvalue weighted by molar-refractivity contribution is 0.0602. The Bertz CT molecular complexity index is 704. The minimum Gasteiger partial charge on any atom is -0.465 e. The van der Waals surface area contributed by atoms with Crippen LogP contribution in [0.2, 0.25) is 10.2 Å². The number of halogens is 2. The first kappa shape index (κ1) is 15.3. The van der Waals surface area contributed by atoms with Crippen molar-refractivity contribution in [1.82, 2.24) is 4.98 Å². The van der Waals surface area contributed by atoms with E-state index in [2.05, 4.69) is 15.0 Å². The van der Waals surface area contributed by atoms with Gasteiger partial charge in [-0.3, -0.25) is 4.79 Å². The number of hydrogen-bond donors (Lipinski definition) is 1. The zero-order valence-electron chi connectivity index (χ0n) is 10.9. The predicted octanol–water partition coefficient (Wildman–Crippen LogP) is 3.43. The van der Waals surface area contributed by atoms with Crippen molar-refractivity contribution in [3.8, 4) is 0 Å². The van der Waals surface area contributed by atoms with Crippen LogP contribution < -0.4 is 5.32 Å². The third-order valence-electron chi connectivity index (χ3n) is 2.62. The summed E-state index contributed by atoms with van der Waals surface area (Å²) in [7, 11) is 1.26. The number of aromatic nitrogens is 1. The first-order chi connectivity index (χ1) is 10.0. The van der Waals surface area contributed by atoms with Crippen molar-refractivity contribution in [2.75, 3.05) is 12.4 Å². The maximum absolute atomic E-state index is 12.1. The maximum atomic E-state index is 12.1. The Hall–Kier alpha value is -2.11. The molecule has 0 spiro atoms. The molecule has 0 radical (unpaired) electrons. The molecule has 21 heavy (non-hydrogen) atoms. The molecule has 0 aliphatic rings. The summed E-state index contributed by atoms with van der Waals surface area (Å²) in [5.41, 5.74) is 0.772. The van der Waals surface area contributed by atoms with E-state index in [9.17, 15) is 9.59 Å². The number of benzene rings is 1. The van der Waals surface area contributed by atoms with Crippen LogP contribution in [0, 0.1) is 0 Å². The van der Waals surface area contributed by atoms with Crippen molar-refractivity contribution in [1.29, 1.82) is 0 Å². The molecule has 1 aromatic carbocycles. The molecule has 1 N–H and O–H groups in total. The monoisotopic (exact) mass is 324 g/mol. The number of rotatable bonds is 3. The highest BCUT2D eigenvalue weighted by molar-refractivity contribution is 6.31. The third-order valence-corrected chi connectivity index (χ3v) is 3.07. The van der Waals surface area contributed by atoms with Crippen LogP contribution in [-0.2, 0) is 4.74 Å². The fraction of sp³-hybridized carbons (Fsp3) is 0.0714. The second-order valence-corrected chi connectivity index (χ2v) is 4.83. The van der Waals surface area contributed by atoms with E-state index in [1.54, 1.807) is 0 Å². The number of esters is 1. The summed E-state index contributed by atoms with van der Waals surface area (Å²) >= 11 is 11.6. The smallest absolute Gasteiger partial charge is 0.339 e. The Labute approximate surface area is 130 Å². The molecule has 0 saturated carbocycles. The number of carbonyl (C=O) groups is 2. The Kier molecular flexibility index (Phi) is 4.77. The number of methoxy groups -OCH3 is 1. The largest absolute Gasteiger partial charge is 0.465 e. The van der Waals surface area contributed by atoms with Gasteiger partial charge in [0, 0.05) is 16.8 Å². The molecule has 2 aromatic rings. The van der Waals surface area contributed by atoms with E-state index in [-0.39, 0.29) is 16.4 Å². The topological polar surface area (TPSA) is 68.3 Å². The highest BCUT2D eigenvalue weighted by Gasteiger charge is 2.15. The number of ether oxygens (including phenoxy) is 1. The van der Waals surface area contributed by atoms with E-state index in [4.69, 9.17) is 23.2 Å². The van der Waals surface area contributed by atoms with E-state index in [0.29, 0.717) is 10.6 Å². The van der Waals surface area contributed by atoms with Crippen LogP contribution in [0.1, 0.15) is 20.7 Å². The zero-order chi connectivity index (χ0) is 15.4. The number of hydrogen-bond acceptors (Lipinski definition) is 4. The summed E-state index contributed by atoms with van der Waals surface area (Å²) in [6.07, 6.45) is 1.41. The molecule has 1 heterocycles. The van der Waals surface area contributed by atoms with Gasteiger partial charge in [-0.05, 0) is 30.3 Å². The second kappa shape index (κ2) is 6.56. The molecule has 2 rings (SSSR count). The molecule has 108 valence electrons. The molecule has 5 nitrogen and oxygen atoms in total. The van der Waals surface area contributed by atoms with Crippen molar-refractivity contribution in [2.24, 2.45) is 0 Å². The molecule has 7 heteroatoms. The molecule has 0 saturated heterocycles. The van der Waals surface area contributed by atoms with Gasteiger partial charge in [0.25, 0.3) is 5.91 Å². The summed E-state index contributed by atoms with van der Waals surface area (Å²) in [5, 5.41) is 3.18. The number of nitrogens with one attached hydrogen (secondary N) is 1. The molecule has 0 fully saturated rings. The van der Waals surface area contributed by atoms with E-state index in [1.807, 2.05) is 0 Å². The summed E-state index contributed by atoms with van der Waals surface area (Å²) in [5.74, 6) is -1.01. The summed E-state index contributed by atoms with van der Waals surface area (Å²) in [6.45, 7) is 0. The first-order valence-corrected chi connectivity index (χ1v) is 6.57. The fourth-order valence-electron chi connectivity index (χ4n) is 1.65. The molecule has 1 amide bonds. The van der Waals surface area contributed by atoms with Crippen LogP contribution in [0.3, 0.4) is 0 Å². The number of anilines is 1. The summed E-state index contributed by atoms with van der Waals surface area (Å²) < 4.78 is 4.66. The van der Waals surface area contributed by atoms with E-state index in [0.717, 1.165) is 0 Å². The highest BCUT2D eigenvalue weighted by atomic mass is 35.5. The van der Waals surface area contributed by atoms with Gasteiger partial charge < -0.3 is 10.1 Å². The molecule has 1 aromatic heterocycles. The average Bonchev–Trinajstić information content (AvgIpc) is 2.46. The van der Waals surface area contributed by atoms with Gasteiger partial charge in [-0.1, -0.05) is 23.2 Å². The Balaban J connectivity index is 2.32. The normalized spacial score (nSPS) is 10.0. The predicted molar refractivity (Wildman–Crippen MR) is 80.0 cm³/mol. The lowest BCUT2D eigenvalue weighted by Gasteiger charge is -2.10. The highest BCUT2D eigenvalue weighted by Crippen LogP contribution is 2.22. The lowest BCUT2D eigenvalue weighted by atomic mass is 10.1. The Morgan fingerprint density at radius 3 is 2.62 bits per heavy atom. The van der Waals surface area contributed by atoms with Gasteiger partial charge in [-0.2, -0.15) is 0 Å². The van der Waals surface area contributed by atoms with E-state index < -0.39 is 11.9 Å². The van der Waals surface area contributed by atoms with Gasteiger partial charge in [-0.25, -0.2) is 9.78 Å². The maximum Gasteiger partial charge on any atom is 0.339 e. The minimum absolute atomic E-state index is 0.196. The van der Waals surface area contributed by atoms with Crippen molar-refractivity contribution in [3.05, 3.63) is 57.8 Å². The molecular formula is C14H10Cl2N2O3. The van der Waals surface area contributed by atoms with Crippen molar-refractivity contribution < 1.29 is 14.3 Å².